The molecule has 2 N–H and O–H groups in total. The second kappa shape index (κ2) is 14.0. The number of allylic oxidation sites excluding steroid dienone is 1. The van der Waals surface area contributed by atoms with Crippen LogP contribution in [0.5, 0.6) is 11.5 Å². The summed E-state index contributed by atoms with van der Waals surface area (Å²) >= 11 is 0. The minimum Gasteiger partial charge on any atom is -0.493 e. The van der Waals surface area contributed by atoms with Crippen LogP contribution in [-0.4, -0.2) is 36.7 Å². The van der Waals surface area contributed by atoms with Crippen molar-refractivity contribution in [2.45, 2.75) is 0 Å². The Kier molecular flexibility index (Phi) is 9.78. The number of hydrogen-bond donors (Lipinski definition) is 2. The van der Waals surface area contributed by atoms with E-state index in [9.17, 15) is 24.5 Å². The van der Waals surface area contributed by atoms with E-state index in [0.717, 1.165) is 0 Å². The number of amides is 2. The van der Waals surface area contributed by atoms with Crippen molar-refractivity contribution in [2.24, 2.45) is 0 Å². The van der Waals surface area contributed by atoms with E-state index in [1.807, 2.05) is 0 Å². The van der Waals surface area contributed by atoms with E-state index >= 15 is 0 Å². The fraction of sp³-hybridized carbons (Fsp3) is 0.0606. The van der Waals surface area contributed by atoms with Crippen LogP contribution in [0.4, 0.5) is 11.4 Å². The molecule has 0 saturated heterocycles. The highest BCUT2D eigenvalue weighted by Crippen LogP contribution is 2.28. The van der Waals surface area contributed by atoms with Crippen LogP contribution in [0.25, 0.3) is 12.2 Å². The number of ketones is 1. The number of hydrogen-bond acceptors (Lipinski definition) is 7. The van der Waals surface area contributed by atoms with E-state index in [2.05, 4.69) is 10.6 Å². The Hall–Kier alpha value is -6.03. The first kappa shape index (κ1) is 29.9. The number of benzene rings is 4. The molecule has 0 saturated carbocycles. The Morgan fingerprint density at radius 3 is 2.14 bits per heavy atom. The van der Waals surface area contributed by atoms with Crippen LogP contribution in [0.15, 0.2) is 109 Å². The third-order valence-corrected chi connectivity index (χ3v) is 6.22. The van der Waals surface area contributed by atoms with Gasteiger partial charge in [0.15, 0.2) is 17.3 Å². The molecule has 10 nitrogen and oxygen atoms in total. The number of anilines is 1. The molecule has 4 aromatic rings. The number of nitrogens with one attached hydrogen (secondary N) is 2. The first-order valence-corrected chi connectivity index (χ1v) is 13.0. The maximum absolute atomic E-state index is 13.3. The van der Waals surface area contributed by atoms with Crippen molar-refractivity contribution in [3.05, 3.63) is 141 Å². The predicted molar refractivity (Wildman–Crippen MR) is 163 cm³/mol. The molecule has 0 bridgehead atoms. The molecule has 4 aromatic carbocycles. The third kappa shape index (κ3) is 7.80. The van der Waals surface area contributed by atoms with Gasteiger partial charge < -0.3 is 20.1 Å². The number of ether oxygens (including phenoxy) is 2. The highest BCUT2D eigenvalue weighted by atomic mass is 16.6. The van der Waals surface area contributed by atoms with Crippen LogP contribution < -0.4 is 20.1 Å². The molecule has 0 radical (unpaired) electrons. The summed E-state index contributed by atoms with van der Waals surface area (Å²) in [6.07, 6.45) is 4.14. The van der Waals surface area contributed by atoms with E-state index in [0.29, 0.717) is 39.4 Å². The molecule has 0 fully saturated rings. The molecule has 2 amide bonds. The normalized spacial score (nSPS) is 11.1. The number of nitro groups is 1. The summed E-state index contributed by atoms with van der Waals surface area (Å²) in [4.78, 5) is 49.6. The average molecular weight is 578 g/mol. The molecular weight excluding hydrogens is 550 g/mol. The van der Waals surface area contributed by atoms with Gasteiger partial charge in [0.25, 0.3) is 17.5 Å². The van der Waals surface area contributed by atoms with Gasteiger partial charge in [0.2, 0.25) is 0 Å². The molecule has 0 aliphatic carbocycles. The first-order chi connectivity index (χ1) is 20.8. The lowest BCUT2D eigenvalue weighted by molar-refractivity contribution is -0.385. The van der Waals surface area contributed by atoms with Gasteiger partial charge >= 0.3 is 0 Å². The maximum atomic E-state index is 13.3. The molecule has 216 valence electrons. The molecule has 0 aliphatic rings. The van der Waals surface area contributed by atoms with Crippen molar-refractivity contribution >= 4 is 41.1 Å². The molecule has 0 unspecified atom stereocenters. The molecule has 0 aromatic heterocycles. The van der Waals surface area contributed by atoms with Crippen molar-refractivity contribution in [3.63, 3.8) is 0 Å². The van der Waals surface area contributed by atoms with Crippen LogP contribution in [0.3, 0.4) is 0 Å². The zero-order valence-electron chi connectivity index (χ0n) is 23.3. The molecule has 0 aliphatic heterocycles. The van der Waals surface area contributed by atoms with Gasteiger partial charge in [-0.1, -0.05) is 36.4 Å². The van der Waals surface area contributed by atoms with Gasteiger partial charge in [0.1, 0.15) is 5.70 Å². The highest BCUT2D eigenvalue weighted by Gasteiger charge is 2.16. The van der Waals surface area contributed by atoms with E-state index in [-0.39, 0.29) is 17.2 Å². The van der Waals surface area contributed by atoms with Crippen molar-refractivity contribution < 1.29 is 28.8 Å². The molecular formula is C33H27N3O7. The first-order valence-electron chi connectivity index (χ1n) is 13.0. The quantitative estimate of drug-likeness (QED) is 0.0977. The lowest BCUT2D eigenvalue weighted by Crippen LogP contribution is -2.30. The molecule has 43 heavy (non-hydrogen) atoms. The van der Waals surface area contributed by atoms with Crippen molar-refractivity contribution in [1.82, 2.24) is 5.32 Å². The Bertz CT molecular complexity index is 1710. The van der Waals surface area contributed by atoms with Gasteiger partial charge in [-0.25, -0.2) is 0 Å². The van der Waals surface area contributed by atoms with Gasteiger partial charge in [-0.15, -0.1) is 0 Å². The number of para-hydroxylation sites is 1. The number of nitrogens with zero attached hydrogens (tertiary/aromatic N) is 1. The smallest absolute Gasteiger partial charge is 0.276 e. The lowest BCUT2D eigenvalue weighted by atomic mass is 10.1. The number of rotatable bonds is 11. The van der Waals surface area contributed by atoms with Gasteiger partial charge in [0.05, 0.1) is 24.7 Å². The Labute approximate surface area is 247 Å². The summed E-state index contributed by atoms with van der Waals surface area (Å²) in [7, 11) is 3.00. The van der Waals surface area contributed by atoms with Gasteiger partial charge in [0, 0.05) is 22.9 Å². The standard InChI is InChI=1S/C33H27N3O7/c1-42-30-19-12-22(21-31(30)43-2)20-27(35-32(38)25-9-4-3-5-10-25)33(39)34-26-16-13-24(14-17-26)29(37)18-15-23-8-6-7-11-28(23)36(40)41/h3-21H,1-2H3,(H,34,39)(H,35,38)/b18-15+,27-20-. The number of carbonyl (C=O) groups excluding carboxylic acids is 3. The van der Waals surface area contributed by atoms with Crippen molar-refractivity contribution in [3.8, 4) is 11.5 Å². The van der Waals surface area contributed by atoms with E-state index < -0.39 is 16.7 Å². The Balaban J connectivity index is 1.54. The third-order valence-electron chi connectivity index (χ3n) is 6.22. The van der Waals surface area contributed by atoms with Crippen LogP contribution in [0.2, 0.25) is 0 Å². The highest BCUT2D eigenvalue weighted by molar-refractivity contribution is 6.11. The lowest BCUT2D eigenvalue weighted by Gasteiger charge is -2.13. The maximum Gasteiger partial charge on any atom is 0.276 e. The predicted octanol–water partition coefficient (Wildman–Crippen LogP) is 5.92. The van der Waals surface area contributed by atoms with E-state index in [1.54, 1.807) is 66.7 Å². The topological polar surface area (TPSA) is 137 Å². The summed E-state index contributed by atoms with van der Waals surface area (Å²) in [6, 6.07) is 25.7. The second-order valence-corrected chi connectivity index (χ2v) is 9.04. The zero-order chi connectivity index (χ0) is 30.8. The monoisotopic (exact) mass is 577 g/mol. The SMILES string of the molecule is COc1ccc(/C=C(\NC(=O)c2ccccc2)C(=O)Nc2ccc(C(=O)/C=C/c3ccccc3[N+](=O)[O-])cc2)cc1OC. The van der Waals surface area contributed by atoms with Crippen LogP contribution in [0, 0.1) is 10.1 Å². The number of nitro benzene ring substituents is 1. The fourth-order valence-corrected chi connectivity index (χ4v) is 4.02. The van der Waals surface area contributed by atoms with E-state index in [4.69, 9.17) is 9.47 Å². The summed E-state index contributed by atoms with van der Waals surface area (Å²) in [6.45, 7) is 0. The second-order valence-electron chi connectivity index (χ2n) is 9.04. The average Bonchev–Trinajstić information content (AvgIpc) is 3.03. The molecule has 10 heteroatoms. The van der Waals surface area contributed by atoms with Crippen molar-refractivity contribution in [1.29, 1.82) is 0 Å². The summed E-state index contributed by atoms with van der Waals surface area (Å²) in [5.41, 5.74) is 1.78. The van der Waals surface area contributed by atoms with Crippen LogP contribution in [0.1, 0.15) is 31.8 Å². The number of carbonyl (C=O) groups is 3. The summed E-state index contributed by atoms with van der Waals surface area (Å²) in [5.74, 6) is -0.504. The van der Waals surface area contributed by atoms with E-state index in [1.165, 1.54) is 62.8 Å². The molecule has 0 heterocycles. The molecule has 0 spiro atoms. The zero-order valence-corrected chi connectivity index (χ0v) is 23.3. The van der Waals surface area contributed by atoms with Gasteiger partial charge in [-0.2, -0.15) is 0 Å². The van der Waals surface area contributed by atoms with Crippen LogP contribution in [-0.2, 0) is 4.79 Å². The Morgan fingerprint density at radius 2 is 1.47 bits per heavy atom. The largest absolute Gasteiger partial charge is 0.493 e. The summed E-state index contributed by atoms with van der Waals surface area (Å²) < 4.78 is 10.6. The van der Waals surface area contributed by atoms with Gasteiger partial charge in [-0.05, 0) is 78.4 Å². The fourth-order valence-electron chi connectivity index (χ4n) is 4.02. The number of methoxy groups -OCH3 is 2. The summed E-state index contributed by atoms with van der Waals surface area (Å²) in [5, 5.41) is 16.6. The van der Waals surface area contributed by atoms with Crippen LogP contribution >= 0.6 is 0 Å². The van der Waals surface area contributed by atoms with Crippen molar-refractivity contribution in [2.75, 3.05) is 19.5 Å². The minimum atomic E-state index is -0.602. The van der Waals surface area contributed by atoms with Gasteiger partial charge in [-0.3, -0.25) is 24.5 Å². The Morgan fingerprint density at radius 1 is 0.791 bits per heavy atom. The minimum absolute atomic E-state index is 0.0337. The molecule has 4 rings (SSSR count). The molecule has 0 atom stereocenters.